The molecule has 0 unspecified atom stereocenters. The summed E-state index contributed by atoms with van der Waals surface area (Å²) in [5.41, 5.74) is -0.737. The maximum atomic E-state index is 11.5. The van der Waals surface area contributed by atoms with Crippen molar-refractivity contribution in [2.45, 2.75) is 0 Å². The van der Waals surface area contributed by atoms with Crippen LogP contribution in [0.3, 0.4) is 0 Å². The number of nitrogens with zero attached hydrogens (tertiary/aromatic N) is 2. The van der Waals surface area contributed by atoms with Crippen LogP contribution < -0.4 is 11.2 Å². The van der Waals surface area contributed by atoms with Gasteiger partial charge in [-0.1, -0.05) is 0 Å². The smallest absolute Gasteiger partial charge is 0.330 e. The second-order valence-electron chi connectivity index (χ2n) is 3.26. The largest absolute Gasteiger partial charge is 0.494 e. The Balaban J connectivity index is 2.66. The van der Waals surface area contributed by atoms with Gasteiger partial charge in [-0.25, -0.2) is 4.79 Å². The fraction of sp³-hybridized carbons (Fsp3) is 0.100. The van der Waals surface area contributed by atoms with E-state index in [4.69, 9.17) is 0 Å². The molecule has 0 atom stereocenters. The molecule has 1 aromatic rings. The molecule has 1 aromatic heterocycles. The summed E-state index contributed by atoms with van der Waals surface area (Å²) in [5.74, 6) is -0.378. The van der Waals surface area contributed by atoms with Crippen LogP contribution in [0.2, 0.25) is 0 Å². The highest BCUT2D eigenvalue weighted by Gasteiger charge is 2.10. The molecule has 82 valence electrons. The van der Waals surface area contributed by atoms with Crippen LogP contribution in [0.4, 0.5) is 0 Å². The lowest BCUT2D eigenvalue weighted by Gasteiger charge is -2.03. The number of aromatic hydroxyl groups is 1. The zero-order valence-electron chi connectivity index (χ0n) is 8.47. The molecule has 0 radical (unpaired) electrons. The van der Waals surface area contributed by atoms with Gasteiger partial charge in [-0.3, -0.25) is 19.3 Å². The Bertz CT molecular complexity index is 618. The molecule has 2 rings (SSSR count). The normalized spacial score (nSPS) is 16.2. The maximum Gasteiger partial charge on any atom is 0.330 e. The molecule has 0 aromatic carbocycles. The third kappa shape index (κ3) is 1.60. The van der Waals surface area contributed by atoms with Gasteiger partial charge in [0.15, 0.2) is 0 Å². The predicted molar refractivity (Wildman–Crippen MR) is 59.6 cm³/mol. The minimum Gasteiger partial charge on any atom is -0.494 e. The van der Waals surface area contributed by atoms with E-state index in [1.165, 1.54) is 13.1 Å². The van der Waals surface area contributed by atoms with E-state index in [0.29, 0.717) is 5.70 Å². The number of hydrogen-bond donors (Lipinski definition) is 2. The zero-order valence-corrected chi connectivity index (χ0v) is 8.47. The Morgan fingerprint density at radius 1 is 1.50 bits per heavy atom. The zero-order chi connectivity index (χ0) is 11.7. The summed E-state index contributed by atoms with van der Waals surface area (Å²) in [5, 5.41) is 9.64. The van der Waals surface area contributed by atoms with Crippen LogP contribution >= 0.6 is 0 Å². The summed E-state index contributed by atoms with van der Waals surface area (Å²) < 4.78 is 0.955. The quantitative estimate of drug-likeness (QED) is 0.683. The molecule has 0 fully saturated rings. The average Bonchev–Trinajstić information content (AvgIpc) is 2.74. The summed E-state index contributed by atoms with van der Waals surface area (Å²) in [6, 6.07) is 0. The Morgan fingerprint density at radius 2 is 2.25 bits per heavy atom. The first-order chi connectivity index (χ1) is 7.59. The Morgan fingerprint density at radius 3 is 2.88 bits per heavy atom. The number of aliphatic imine (C=N–C) groups is 1. The van der Waals surface area contributed by atoms with Gasteiger partial charge in [-0.2, -0.15) is 0 Å². The van der Waals surface area contributed by atoms with Crippen molar-refractivity contribution in [3.05, 3.63) is 44.3 Å². The molecule has 0 aliphatic carbocycles. The highest BCUT2D eigenvalue weighted by atomic mass is 16.3. The second-order valence-corrected chi connectivity index (χ2v) is 3.26. The number of allylic oxidation sites excluding steroid dienone is 2. The fourth-order valence-corrected chi connectivity index (χ4v) is 1.30. The molecule has 6 heteroatoms. The molecular formula is C10H9N3O3. The van der Waals surface area contributed by atoms with Crippen LogP contribution in [-0.4, -0.2) is 20.9 Å². The van der Waals surface area contributed by atoms with Crippen molar-refractivity contribution >= 4 is 12.3 Å². The first kappa shape index (κ1) is 10.2. The number of rotatable bonds is 1. The molecule has 16 heavy (non-hydrogen) atoms. The van der Waals surface area contributed by atoms with Gasteiger partial charge in [0.05, 0.1) is 5.70 Å². The van der Waals surface area contributed by atoms with Crippen molar-refractivity contribution in [3.8, 4) is 5.88 Å². The monoisotopic (exact) mass is 219 g/mol. The van der Waals surface area contributed by atoms with Crippen LogP contribution in [0.5, 0.6) is 5.88 Å². The average molecular weight is 219 g/mol. The van der Waals surface area contributed by atoms with Crippen molar-refractivity contribution < 1.29 is 5.11 Å². The fourth-order valence-electron chi connectivity index (χ4n) is 1.30. The predicted octanol–water partition coefficient (Wildman–Crippen LogP) is -0.239. The lowest BCUT2D eigenvalue weighted by atomic mass is 10.2. The lowest BCUT2D eigenvalue weighted by Crippen LogP contribution is -2.29. The highest BCUT2D eigenvalue weighted by molar-refractivity contribution is 5.79. The Labute approximate surface area is 89.9 Å². The molecule has 0 spiro atoms. The van der Waals surface area contributed by atoms with E-state index in [1.54, 1.807) is 18.4 Å². The van der Waals surface area contributed by atoms with Gasteiger partial charge in [0.25, 0.3) is 5.56 Å². The van der Waals surface area contributed by atoms with Gasteiger partial charge < -0.3 is 5.11 Å². The summed E-state index contributed by atoms with van der Waals surface area (Å²) in [4.78, 5) is 28.6. The van der Waals surface area contributed by atoms with Gasteiger partial charge in [0.2, 0.25) is 5.88 Å². The van der Waals surface area contributed by atoms with Crippen molar-refractivity contribution in [3.63, 3.8) is 0 Å². The molecule has 1 aliphatic rings. The van der Waals surface area contributed by atoms with Gasteiger partial charge in [0, 0.05) is 13.3 Å². The Kier molecular flexibility index (Phi) is 2.32. The third-order valence-corrected chi connectivity index (χ3v) is 2.20. The number of aromatic nitrogens is 2. The minimum atomic E-state index is -0.657. The molecule has 6 nitrogen and oxygen atoms in total. The van der Waals surface area contributed by atoms with E-state index in [9.17, 15) is 14.7 Å². The van der Waals surface area contributed by atoms with Gasteiger partial charge in [-0.05, 0) is 18.2 Å². The number of hydrogen-bond acceptors (Lipinski definition) is 4. The molecule has 0 saturated carbocycles. The summed E-state index contributed by atoms with van der Waals surface area (Å²) in [6.07, 6.45) is 6.37. The number of aromatic amines is 1. The van der Waals surface area contributed by atoms with E-state index in [1.807, 2.05) is 0 Å². The first-order valence-electron chi connectivity index (χ1n) is 4.54. The van der Waals surface area contributed by atoms with Crippen LogP contribution in [0.15, 0.2) is 32.4 Å². The molecule has 2 N–H and O–H groups in total. The minimum absolute atomic E-state index is 0.0146. The second kappa shape index (κ2) is 3.65. The maximum absolute atomic E-state index is 11.5. The molecule has 2 heterocycles. The number of H-pyrrole nitrogens is 1. The van der Waals surface area contributed by atoms with Crippen LogP contribution in [-0.2, 0) is 7.05 Å². The van der Waals surface area contributed by atoms with Gasteiger partial charge in [0.1, 0.15) is 5.56 Å². The SMILES string of the molecule is Cn1c(O)c(/C=C2/C=CC=N2)c(=O)[nH]c1=O. The summed E-state index contributed by atoms with van der Waals surface area (Å²) in [6.45, 7) is 0. The van der Waals surface area contributed by atoms with Crippen molar-refractivity contribution in [1.82, 2.24) is 9.55 Å². The van der Waals surface area contributed by atoms with E-state index in [0.717, 1.165) is 4.57 Å². The van der Waals surface area contributed by atoms with E-state index in [2.05, 4.69) is 9.98 Å². The van der Waals surface area contributed by atoms with Gasteiger partial charge in [-0.15, -0.1) is 0 Å². The van der Waals surface area contributed by atoms with Crippen LogP contribution in [0.25, 0.3) is 6.08 Å². The molecule has 0 bridgehead atoms. The van der Waals surface area contributed by atoms with E-state index >= 15 is 0 Å². The van der Waals surface area contributed by atoms with Crippen LogP contribution in [0, 0.1) is 0 Å². The van der Waals surface area contributed by atoms with Crippen molar-refractivity contribution in [1.29, 1.82) is 0 Å². The topological polar surface area (TPSA) is 87.4 Å². The molecule has 1 aliphatic heterocycles. The lowest BCUT2D eigenvalue weighted by molar-refractivity contribution is 0.416. The van der Waals surface area contributed by atoms with Gasteiger partial charge >= 0.3 is 5.69 Å². The van der Waals surface area contributed by atoms with Crippen LogP contribution in [0.1, 0.15) is 5.56 Å². The number of nitrogens with one attached hydrogen (secondary N) is 1. The van der Waals surface area contributed by atoms with E-state index < -0.39 is 11.2 Å². The summed E-state index contributed by atoms with van der Waals surface area (Å²) >= 11 is 0. The van der Waals surface area contributed by atoms with Crippen molar-refractivity contribution in [2.24, 2.45) is 12.0 Å². The third-order valence-electron chi connectivity index (χ3n) is 2.20. The first-order valence-corrected chi connectivity index (χ1v) is 4.54. The molecule has 0 amide bonds. The Hall–Kier alpha value is -2.37. The van der Waals surface area contributed by atoms with E-state index in [-0.39, 0.29) is 11.4 Å². The summed E-state index contributed by atoms with van der Waals surface area (Å²) in [7, 11) is 1.36. The van der Waals surface area contributed by atoms with Crippen molar-refractivity contribution in [2.75, 3.05) is 0 Å². The molecule has 0 saturated heterocycles. The standard InChI is InChI=1S/C10H9N3O3/c1-13-9(15)7(8(14)12-10(13)16)5-6-3-2-4-11-6/h2-5,15H,1H3,(H,12,14,16)/b6-5-. The highest BCUT2D eigenvalue weighted by Crippen LogP contribution is 2.15. The molecular weight excluding hydrogens is 210 g/mol.